The first kappa shape index (κ1) is 43.5. The second-order valence-electron chi connectivity index (χ2n) is 17.6. The third kappa shape index (κ3) is 9.36. The van der Waals surface area contributed by atoms with Crippen LogP contribution in [0.1, 0.15) is 0 Å². The van der Waals surface area contributed by atoms with Crippen molar-refractivity contribution >= 4 is 0 Å². The molecule has 0 spiro atoms. The van der Waals surface area contributed by atoms with E-state index < -0.39 is 0 Å². The van der Waals surface area contributed by atoms with Crippen molar-refractivity contribution in [3.8, 4) is 123 Å². The van der Waals surface area contributed by atoms with Crippen LogP contribution in [0.5, 0.6) is 0 Å². The Morgan fingerprint density at radius 3 is 0.778 bits per heavy atom. The highest BCUT2D eigenvalue weighted by Crippen LogP contribution is 2.39. The van der Waals surface area contributed by atoms with Crippen LogP contribution in [-0.2, 0) is 0 Å². The molecule has 6 nitrogen and oxygen atoms in total. The SMILES string of the molecule is c1ccc(-c2cc(-c3ccccn3)cc(-c3cc(-c4cc(-c5ccccc5)cc(-c5ccccn5)c4)nc(-c4cc(-c5ccc(-c6ccccn6)cc5)cc(-c5ccc(-c6ccccn6)cc5)c4)n3)c2)cc1. The molecule has 5 aromatic heterocycles. The van der Waals surface area contributed by atoms with Crippen LogP contribution in [0.25, 0.3) is 123 Å². The molecule has 338 valence electrons. The van der Waals surface area contributed by atoms with Gasteiger partial charge in [0.05, 0.1) is 34.2 Å². The Balaban J connectivity index is 1.09. The third-order valence-electron chi connectivity index (χ3n) is 12.9. The van der Waals surface area contributed by atoms with E-state index in [1.807, 2.05) is 97.6 Å². The van der Waals surface area contributed by atoms with Gasteiger partial charge in [0.2, 0.25) is 0 Å². The summed E-state index contributed by atoms with van der Waals surface area (Å²) in [6, 6.07) is 84.3. The lowest BCUT2D eigenvalue weighted by Crippen LogP contribution is -1.98. The van der Waals surface area contributed by atoms with E-state index >= 15 is 0 Å². The van der Waals surface area contributed by atoms with Crippen LogP contribution in [0.15, 0.2) is 267 Å². The second-order valence-corrected chi connectivity index (χ2v) is 17.6. The summed E-state index contributed by atoms with van der Waals surface area (Å²) in [4.78, 5) is 29.9. The Kier molecular flexibility index (Phi) is 11.9. The maximum absolute atomic E-state index is 5.55. The lowest BCUT2D eigenvalue weighted by molar-refractivity contribution is 1.18. The fourth-order valence-corrected chi connectivity index (χ4v) is 9.20. The van der Waals surface area contributed by atoms with E-state index in [9.17, 15) is 0 Å². The van der Waals surface area contributed by atoms with Crippen LogP contribution in [0.4, 0.5) is 0 Å². The number of rotatable bonds is 11. The predicted molar refractivity (Wildman–Crippen MR) is 293 cm³/mol. The number of aromatic nitrogens is 6. The molecule has 0 unspecified atom stereocenters. The monoisotopic (exact) mass is 920 g/mol. The van der Waals surface area contributed by atoms with E-state index in [1.165, 1.54) is 0 Å². The molecule has 5 heterocycles. The first-order valence-electron chi connectivity index (χ1n) is 24.0. The number of benzene rings is 7. The molecular weight excluding hydrogens is 877 g/mol. The Bertz CT molecular complexity index is 3440. The Morgan fingerprint density at radius 2 is 0.431 bits per heavy atom. The van der Waals surface area contributed by atoms with Gasteiger partial charge in [-0.15, -0.1) is 0 Å². The molecule has 0 aliphatic carbocycles. The van der Waals surface area contributed by atoms with Gasteiger partial charge in [-0.1, -0.05) is 133 Å². The molecule has 72 heavy (non-hydrogen) atoms. The first-order valence-corrected chi connectivity index (χ1v) is 24.0. The van der Waals surface area contributed by atoms with Gasteiger partial charge in [0.25, 0.3) is 0 Å². The number of hydrogen-bond acceptors (Lipinski definition) is 6. The van der Waals surface area contributed by atoms with Crippen molar-refractivity contribution in [2.75, 3.05) is 0 Å². The molecule has 0 aliphatic heterocycles. The van der Waals surface area contributed by atoms with Crippen LogP contribution < -0.4 is 0 Å². The molecule has 7 aromatic carbocycles. The maximum Gasteiger partial charge on any atom is 0.160 e. The largest absolute Gasteiger partial charge is 0.256 e. The fraction of sp³-hybridized carbons (Fsp3) is 0. The van der Waals surface area contributed by atoms with Crippen molar-refractivity contribution in [2.24, 2.45) is 0 Å². The van der Waals surface area contributed by atoms with Crippen LogP contribution in [0.3, 0.4) is 0 Å². The predicted octanol–water partition coefficient (Wildman–Crippen LogP) is 16.4. The molecule has 0 aliphatic rings. The Morgan fingerprint density at radius 1 is 0.167 bits per heavy atom. The first-order chi connectivity index (χ1) is 35.6. The number of hydrogen-bond donors (Lipinski definition) is 0. The van der Waals surface area contributed by atoms with E-state index in [2.05, 4.69) is 180 Å². The number of nitrogens with zero attached hydrogens (tertiary/aromatic N) is 6. The van der Waals surface area contributed by atoms with E-state index in [-0.39, 0.29) is 0 Å². The topological polar surface area (TPSA) is 77.3 Å². The summed E-state index contributed by atoms with van der Waals surface area (Å²) in [5, 5.41) is 0. The van der Waals surface area contributed by atoms with Gasteiger partial charge in [0, 0.05) is 63.7 Å². The van der Waals surface area contributed by atoms with Gasteiger partial charge >= 0.3 is 0 Å². The maximum atomic E-state index is 5.55. The van der Waals surface area contributed by atoms with Crippen LogP contribution in [0.2, 0.25) is 0 Å². The zero-order chi connectivity index (χ0) is 48.1. The molecule has 0 saturated heterocycles. The summed E-state index contributed by atoms with van der Waals surface area (Å²) in [6.45, 7) is 0. The molecule has 0 bridgehead atoms. The van der Waals surface area contributed by atoms with Gasteiger partial charge in [-0.2, -0.15) is 0 Å². The molecule has 12 aromatic rings. The van der Waals surface area contributed by atoms with E-state index in [1.54, 1.807) is 0 Å². The Hall–Kier alpha value is -9.78. The highest BCUT2D eigenvalue weighted by Gasteiger charge is 2.18. The summed E-state index contributed by atoms with van der Waals surface area (Å²) in [5.41, 5.74) is 20.5. The van der Waals surface area contributed by atoms with E-state index in [0.29, 0.717) is 5.82 Å². The minimum atomic E-state index is 0.592. The molecule has 0 fully saturated rings. The second kappa shape index (κ2) is 19.7. The third-order valence-corrected chi connectivity index (χ3v) is 12.9. The molecule has 0 N–H and O–H groups in total. The summed E-state index contributed by atoms with van der Waals surface area (Å²) < 4.78 is 0. The summed E-state index contributed by atoms with van der Waals surface area (Å²) >= 11 is 0. The molecule has 12 rings (SSSR count). The summed E-state index contributed by atoms with van der Waals surface area (Å²) in [5.74, 6) is 0.592. The molecule has 0 amide bonds. The minimum Gasteiger partial charge on any atom is -0.256 e. The molecular formula is C66H44N6. The Labute approximate surface area is 418 Å². The zero-order valence-corrected chi connectivity index (χ0v) is 39.1. The average molecular weight is 921 g/mol. The van der Waals surface area contributed by atoms with Crippen molar-refractivity contribution in [3.05, 3.63) is 267 Å². The normalized spacial score (nSPS) is 11.1. The zero-order valence-electron chi connectivity index (χ0n) is 39.1. The highest BCUT2D eigenvalue weighted by molar-refractivity contribution is 5.86. The van der Waals surface area contributed by atoms with Crippen LogP contribution >= 0.6 is 0 Å². The number of pyridine rings is 4. The standard InChI is InChI=1S/C66H44N6/c1-3-15-45(16-4-1)53-36-55(62-21-9-13-33-69-62)42-57(38-53)64-44-65(58-39-54(46-17-5-2-6-18-46)37-56(43-58)63-22-10-14-34-70-63)72-66(71-64)59-40-51(47-23-27-49(28-24-47)60-19-7-11-31-67-60)35-52(41-59)48-25-29-50(30-26-48)61-20-8-12-32-68-61/h1-44H. The van der Waals surface area contributed by atoms with Gasteiger partial charge in [0.15, 0.2) is 5.82 Å². The van der Waals surface area contributed by atoms with E-state index in [4.69, 9.17) is 19.9 Å². The van der Waals surface area contributed by atoms with Gasteiger partial charge in [-0.25, -0.2) is 9.97 Å². The quantitative estimate of drug-likeness (QED) is 0.129. The van der Waals surface area contributed by atoms with Crippen LogP contribution in [0, 0.1) is 0 Å². The highest BCUT2D eigenvalue weighted by atomic mass is 14.9. The van der Waals surface area contributed by atoms with Gasteiger partial charge in [-0.3, -0.25) is 19.9 Å². The van der Waals surface area contributed by atoms with Gasteiger partial charge in [0.1, 0.15) is 0 Å². The molecule has 6 heteroatoms. The van der Waals surface area contributed by atoms with Crippen molar-refractivity contribution in [1.29, 1.82) is 0 Å². The molecule has 0 saturated carbocycles. The minimum absolute atomic E-state index is 0.592. The fourth-order valence-electron chi connectivity index (χ4n) is 9.20. The summed E-state index contributed by atoms with van der Waals surface area (Å²) in [7, 11) is 0. The van der Waals surface area contributed by atoms with E-state index in [0.717, 1.165) is 118 Å². The average Bonchev–Trinajstić information content (AvgIpc) is 3.48. The van der Waals surface area contributed by atoms with Crippen molar-refractivity contribution in [1.82, 2.24) is 29.9 Å². The smallest absolute Gasteiger partial charge is 0.160 e. The van der Waals surface area contributed by atoms with Crippen molar-refractivity contribution in [2.45, 2.75) is 0 Å². The van der Waals surface area contributed by atoms with Crippen molar-refractivity contribution < 1.29 is 0 Å². The lowest BCUT2D eigenvalue weighted by atomic mass is 9.93. The van der Waals surface area contributed by atoms with Crippen molar-refractivity contribution in [3.63, 3.8) is 0 Å². The lowest BCUT2D eigenvalue weighted by Gasteiger charge is -2.16. The van der Waals surface area contributed by atoms with Crippen LogP contribution in [-0.4, -0.2) is 29.9 Å². The summed E-state index contributed by atoms with van der Waals surface area (Å²) in [6.07, 6.45) is 7.34. The van der Waals surface area contributed by atoms with Gasteiger partial charge in [-0.05, 0) is 154 Å². The molecule has 0 atom stereocenters. The van der Waals surface area contributed by atoms with Gasteiger partial charge < -0.3 is 0 Å². The molecule has 0 radical (unpaired) electrons.